The smallest absolute Gasteiger partial charge is 0.291 e. The molecule has 0 fully saturated rings. The molecule has 7 nitrogen and oxygen atoms in total. The van der Waals surface area contributed by atoms with Crippen molar-refractivity contribution in [1.82, 2.24) is 4.90 Å². The van der Waals surface area contributed by atoms with Crippen LogP contribution in [0.5, 0.6) is 17.2 Å². The molecule has 6 rings (SSSR count). The third-order valence-corrected chi connectivity index (χ3v) is 6.39. The Morgan fingerprint density at radius 2 is 1.81 bits per heavy atom. The van der Waals surface area contributed by atoms with Crippen molar-refractivity contribution < 1.29 is 27.8 Å². The van der Waals surface area contributed by atoms with Crippen molar-refractivity contribution in [2.45, 2.75) is 25.9 Å². The van der Waals surface area contributed by atoms with Crippen LogP contribution in [0.15, 0.2) is 69.9 Å². The molecule has 1 aromatic heterocycles. The van der Waals surface area contributed by atoms with Crippen molar-refractivity contribution in [3.05, 3.63) is 99.2 Å². The van der Waals surface area contributed by atoms with Crippen molar-refractivity contribution in [3.63, 3.8) is 0 Å². The van der Waals surface area contributed by atoms with E-state index in [2.05, 4.69) is 0 Å². The van der Waals surface area contributed by atoms with Gasteiger partial charge in [-0.1, -0.05) is 25.1 Å². The predicted molar refractivity (Wildman–Crippen MR) is 129 cm³/mol. The fourth-order valence-electron chi connectivity index (χ4n) is 4.70. The Balaban J connectivity index is 1.47. The molecular weight excluding hydrogens is 465 g/mol. The summed E-state index contributed by atoms with van der Waals surface area (Å²) in [6.07, 6.45) is 0.875. The van der Waals surface area contributed by atoms with Crippen LogP contribution in [0.1, 0.15) is 46.6 Å². The van der Waals surface area contributed by atoms with E-state index in [1.54, 1.807) is 11.0 Å². The van der Waals surface area contributed by atoms with Crippen molar-refractivity contribution >= 4 is 16.9 Å². The summed E-state index contributed by atoms with van der Waals surface area (Å²) in [5.74, 6) is 0.934. The SMILES string of the molecule is CCCOc1ccc(C2c3c(oc4ccc(F)cc4c3=O)C(=O)N2Cc2ccc3c(c2)OCO3)cc1. The van der Waals surface area contributed by atoms with E-state index in [0.29, 0.717) is 23.9 Å². The summed E-state index contributed by atoms with van der Waals surface area (Å²) >= 11 is 0. The molecule has 1 unspecified atom stereocenters. The Morgan fingerprint density at radius 3 is 2.61 bits per heavy atom. The molecule has 3 heterocycles. The fourth-order valence-corrected chi connectivity index (χ4v) is 4.70. The van der Waals surface area contributed by atoms with Gasteiger partial charge in [0.15, 0.2) is 16.9 Å². The van der Waals surface area contributed by atoms with Gasteiger partial charge in [0, 0.05) is 6.54 Å². The lowest BCUT2D eigenvalue weighted by atomic mass is 9.98. The Morgan fingerprint density at radius 1 is 1.00 bits per heavy atom. The number of fused-ring (bicyclic) bond motifs is 3. The van der Waals surface area contributed by atoms with Crippen LogP contribution in [0.25, 0.3) is 11.0 Å². The van der Waals surface area contributed by atoms with E-state index in [-0.39, 0.29) is 35.6 Å². The highest BCUT2D eigenvalue weighted by Gasteiger charge is 2.43. The van der Waals surface area contributed by atoms with E-state index in [0.717, 1.165) is 23.6 Å². The number of halogens is 1. The molecule has 2 aliphatic heterocycles. The van der Waals surface area contributed by atoms with Gasteiger partial charge in [-0.25, -0.2) is 4.39 Å². The summed E-state index contributed by atoms with van der Waals surface area (Å²) in [4.78, 5) is 28.8. The van der Waals surface area contributed by atoms with Gasteiger partial charge in [0.2, 0.25) is 12.6 Å². The maximum Gasteiger partial charge on any atom is 0.291 e. The van der Waals surface area contributed by atoms with Crippen LogP contribution >= 0.6 is 0 Å². The van der Waals surface area contributed by atoms with Gasteiger partial charge in [0.05, 0.1) is 23.6 Å². The van der Waals surface area contributed by atoms with Crippen molar-refractivity contribution in [3.8, 4) is 17.2 Å². The molecular formula is C28H22FNO6. The molecule has 36 heavy (non-hydrogen) atoms. The molecule has 0 saturated heterocycles. The van der Waals surface area contributed by atoms with Gasteiger partial charge < -0.3 is 23.5 Å². The fraction of sp³-hybridized carbons (Fsp3) is 0.214. The second-order valence-electron chi connectivity index (χ2n) is 8.76. The van der Waals surface area contributed by atoms with Crippen LogP contribution in [0.2, 0.25) is 0 Å². The average Bonchev–Trinajstić information content (AvgIpc) is 3.46. The van der Waals surface area contributed by atoms with E-state index in [1.165, 1.54) is 12.1 Å². The number of ether oxygens (including phenoxy) is 3. The van der Waals surface area contributed by atoms with Crippen LogP contribution in [-0.2, 0) is 6.54 Å². The largest absolute Gasteiger partial charge is 0.494 e. The number of hydrogen-bond acceptors (Lipinski definition) is 6. The number of nitrogens with zero attached hydrogens (tertiary/aromatic N) is 1. The zero-order valence-electron chi connectivity index (χ0n) is 19.5. The molecule has 0 saturated carbocycles. The molecule has 0 N–H and O–H groups in total. The number of benzene rings is 3. The van der Waals surface area contributed by atoms with Crippen LogP contribution in [0.4, 0.5) is 4.39 Å². The summed E-state index contributed by atoms with van der Waals surface area (Å²) in [5.41, 5.74) is 1.45. The number of hydrogen-bond donors (Lipinski definition) is 0. The Hall–Kier alpha value is -4.33. The average molecular weight is 487 g/mol. The summed E-state index contributed by atoms with van der Waals surface area (Å²) < 4.78 is 36.5. The van der Waals surface area contributed by atoms with Gasteiger partial charge in [-0.15, -0.1) is 0 Å². The molecule has 1 amide bonds. The maximum absolute atomic E-state index is 14.0. The number of amides is 1. The molecule has 0 aliphatic carbocycles. The van der Waals surface area contributed by atoms with Crippen LogP contribution < -0.4 is 19.6 Å². The molecule has 0 bridgehead atoms. The predicted octanol–water partition coefficient (Wildman–Crippen LogP) is 5.20. The van der Waals surface area contributed by atoms with E-state index >= 15 is 0 Å². The lowest BCUT2D eigenvalue weighted by Crippen LogP contribution is -2.29. The maximum atomic E-state index is 14.0. The van der Waals surface area contributed by atoms with Crippen molar-refractivity contribution in [2.75, 3.05) is 13.4 Å². The Bertz CT molecular complexity index is 1540. The zero-order chi connectivity index (χ0) is 24.8. The first kappa shape index (κ1) is 22.2. The zero-order valence-corrected chi connectivity index (χ0v) is 19.5. The third-order valence-electron chi connectivity index (χ3n) is 6.39. The Kier molecular flexibility index (Phi) is 5.36. The topological polar surface area (TPSA) is 78.2 Å². The molecule has 4 aromatic rings. The van der Waals surface area contributed by atoms with E-state index in [4.69, 9.17) is 18.6 Å². The quantitative estimate of drug-likeness (QED) is 0.372. The third kappa shape index (κ3) is 3.66. The first-order valence-electron chi connectivity index (χ1n) is 11.7. The van der Waals surface area contributed by atoms with Gasteiger partial charge in [0.25, 0.3) is 5.91 Å². The summed E-state index contributed by atoms with van der Waals surface area (Å²) in [6.45, 7) is 2.95. The summed E-state index contributed by atoms with van der Waals surface area (Å²) in [5, 5.41) is 0.0966. The van der Waals surface area contributed by atoms with Gasteiger partial charge in [0.1, 0.15) is 17.1 Å². The highest BCUT2D eigenvalue weighted by atomic mass is 19.1. The first-order chi connectivity index (χ1) is 17.5. The highest BCUT2D eigenvalue weighted by molar-refractivity contribution is 5.99. The van der Waals surface area contributed by atoms with E-state index in [9.17, 15) is 14.0 Å². The number of rotatable bonds is 6. The lowest BCUT2D eigenvalue weighted by molar-refractivity contribution is 0.0714. The summed E-state index contributed by atoms with van der Waals surface area (Å²) in [6, 6.07) is 15.8. The minimum absolute atomic E-state index is 0.0313. The number of carbonyl (C=O) groups is 1. The van der Waals surface area contributed by atoms with Gasteiger partial charge in [-0.3, -0.25) is 9.59 Å². The molecule has 2 aliphatic rings. The lowest BCUT2D eigenvalue weighted by Gasteiger charge is -2.25. The van der Waals surface area contributed by atoms with Crippen LogP contribution in [0, 0.1) is 5.82 Å². The minimum Gasteiger partial charge on any atom is -0.494 e. The first-order valence-corrected chi connectivity index (χ1v) is 11.7. The van der Waals surface area contributed by atoms with Gasteiger partial charge in [-0.05, 0) is 60.0 Å². The van der Waals surface area contributed by atoms with Gasteiger partial charge in [-0.2, -0.15) is 0 Å². The second kappa shape index (κ2) is 8.71. The molecule has 182 valence electrons. The molecule has 8 heteroatoms. The number of carbonyl (C=O) groups excluding carboxylic acids is 1. The van der Waals surface area contributed by atoms with Crippen molar-refractivity contribution in [1.29, 1.82) is 0 Å². The second-order valence-corrected chi connectivity index (χ2v) is 8.76. The van der Waals surface area contributed by atoms with Gasteiger partial charge >= 0.3 is 0 Å². The molecule has 0 spiro atoms. The van der Waals surface area contributed by atoms with E-state index in [1.807, 2.05) is 43.3 Å². The van der Waals surface area contributed by atoms with Crippen molar-refractivity contribution in [2.24, 2.45) is 0 Å². The molecule has 0 radical (unpaired) electrons. The normalized spacial score (nSPS) is 16.0. The minimum atomic E-state index is -0.720. The molecule has 1 atom stereocenters. The highest BCUT2D eigenvalue weighted by Crippen LogP contribution is 2.41. The monoisotopic (exact) mass is 487 g/mol. The van der Waals surface area contributed by atoms with Crippen LogP contribution in [0.3, 0.4) is 0 Å². The molecule has 3 aromatic carbocycles. The van der Waals surface area contributed by atoms with E-state index < -0.39 is 23.2 Å². The summed E-state index contributed by atoms with van der Waals surface area (Å²) in [7, 11) is 0. The van der Waals surface area contributed by atoms with Crippen LogP contribution in [-0.4, -0.2) is 24.2 Å². The standard InChI is InChI=1S/C28H22FNO6/c1-2-11-33-19-7-4-17(5-8-19)25-24-26(31)20-13-18(29)6-10-21(20)36-27(24)28(32)30(25)14-16-3-9-22-23(12-16)35-15-34-22/h3-10,12-13,25H,2,11,14-15H2,1H3. The Labute approximate surface area is 205 Å².